The highest BCUT2D eigenvalue weighted by Gasteiger charge is 2.30. The second kappa shape index (κ2) is 10.1. The average molecular weight is 512 g/mol. The molecule has 1 aliphatic rings. The van der Waals surface area contributed by atoms with Crippen molar-refractivity contribution < 1.29 is 9.18 Å². The van der Waals surface area contributed by atoms with Crippen LogP contribution >= 0.6 is 11.3 Å². The molecule has 10 heteroatoms. The van der Waals surface area contributed by atoms with Gasteiger partial charge in [0.05, 0.1) is 15.8 Å². The van der Waals surface area contributed by atoms with Crippen LogP contribution in [0.4, 0.5) is 15.3 Å². The first kappa shape index (κ1) is 26.0. The number of benzene rings is 1. The van der Waals surface area contributed by atoms with E-state index in [1.165, 1.54) is 22.4 Å². The molecule has 0 bridgehead atoms. The van der Waals surface area contributed by atoms with Crippen molar-refractivity contribution in [3.8, 4) is 0 Å². The standard InChI is InChI=1S/C26H34FN7OS/c1-15(2)34(29)23(28)19-7-6-8-22(30-19)32-24(35)17-13-21-20(14-18(17)27)31-25(36-21)33-11-9-16(10-12-33)26(3,4)5/h6-8,13-16,28H,9-12,29H2,1-5H3,(H,30,32,35). The van der Waals surface area contributed by atoms with Crippen molar-refractivity contribution in [3.63, 3.8) is 0 Å². The minimum atomic E-state index is -0.639. The molecule has 0 aliphatic carbocycles. The van der Waals surface area contributed by atoms with Crippen LogP contribution in [-0.4, -0.2) is 45.9 Å². The summed E-state index contributed by atoms with van der Waals surface area (Å²) in [5.74, 6) is 5.57. The van der Waals surface area contributed by atoms with Crippen molar-refractivity contribution in [1.82, 2.24) is 15.0 Å². The van der Waals surface area contributed by atoms with E-state index in [0.717, 1.165) is 35.8 Å². The molecule has 3 heterocycles. The predicted molar refractivity (Wildman–Crippen MR) is 144 cm³/mol. The maximum Gasteiger partial charge on any atom is 0.259 e. The molecular weight excluding hydrogens is 477 g/mol. The summed E-state index contributed by atoms with van der Waals surface area (Å²) in [6.45, 7) is 12.4. The minimum absolute atomic E-state index is 0.0254. The van der Waals surface area contributed by atoms with Crippen LogP contribution in [0.3, 0.4) is 0 Å². The first-order chi connectivity index (χ1) is 16.9. The normalized spacial score (nSPS) is 14.9. The number of piperidine rings is 1. The zero-order valence-electron chi connectivity index (χ0n) is 21.4. The van der Waals surface area contributed by atoms with Gasteiger partial charge in [-0.05, 0) is 56.2 Å². The van der Waals surface area contributed by atoms with E-state index in [2.05, 4.69) is 41.0 Å². The van der Waals surface area contributed by atoms with Gasteiger partial charge in [-0.3, -0.25) is 15.2 Å². The number of pyridine rings is 1. The van der Waals surface area contributed by atoms with E-state index in [1.807, 2.05) is 13.8 Å². The summed E-state index contributed by atoms with van der Waals surface area (Å²) in [7, 11) is 0. The topological polar surface area (TPSA) is 111 Å². The van der Waals surface area contributed by atoms with Gasteiger partial charge in [0.25, 0.3) is 5.91 Å². The summed E-state index contributed by atoms with van der Waals surface area (Å²) < 4.78 is 15.7. The Morgan fingerprint density at radius 3 is 2.58 bits per heavy atom. The van der Waals surface area contributed by atoms with Crippen molar-refractivity contribution >= 4 is 44.2 Å². The molecule has 0 spiro atoms. The van der Waals surface area contributed by atoms with Crippen molar-refractivity contribution in [1.29, 1.82) is 5.41 Å². The van der Waals surface area contributed by atoms with Crippen LogP contribution in [0, 0.1) is 22.6 Å². The van der Waals surface area contributed by atoms with Crippen LogP contribution in [0.1, 0.15) is 63.5 Å². The number of carbonyl (C=O) groups excluding carboxylic acids is 1. The van der Waals surface area contributed by atoms with Crippen LogP contribution in [0.25, 0.3) is 10.2 Å². The molecule has 3 aromatic rings. The highest BCUT2D eigenvalue weighted by atomic mass is 32.1. The number of nitrogens with one attached hydrogen (secondary N) is 2. The number of nitrogens with two attached hydrogens (primary N) is 1. The number of hydrogen-bond acceptors (Lipinski definition) is 7. The zero-order valence-corrected chi connectivity index (χ0v) is 22.2. The quantitative estimate of drug-likeness (QED) is 0.187. The molecular formula is C26H34FN7OS. The van der Waals surface area contributed by atoms with E-state index in [9.17, 15) is 9.18 Å². The van der Waals surface area contributed by atoms with Gasteiger partial charge in [0.15, 0.2) is 11.0 Å². The van der Waals surface area contributed by atoms with Crippen LogP contribution in [0.15, 0.2) is 30.3 Å². The fraction of sp³-hybridized carbons (Fsp3) is 0.462. The summed E-state index contributed by atoms with van der Waals surface area (Å²) in [6, 6.07) is 7.67. The predicted octanol–water partition coefficient (Wildman–Crippen LogP) is 5.25. The van der Waals surface area contributed by atoms with Gasteiger partial charge in [-0.15, -0.1) is 0 Å². The number of halogens is 1. The van der Waals surface area contributed by atoms with Gasteiger partial charge in [0, 0.05) is 25.2 Å². The third-order valence-electron chi connectivity index (χ3n) is 6.75. The van der Waals surface area contributed by atoms with Gasteiger partial charge >= 0.3 is 0 Å². The van der Waals surface area contributed by atoms with E-state index in [0.29, 0.717) is 17.1 Å². The summed E-state index contributed by atoms with van der Waals surface area (Å²) >= 11 is 1.48. The summed E-state index contributed by atoms with van der Waals surface area (Å²) in [4.78, 5) is 24.1. The van der Waals surface area contributed by atoms with Gasteiger partial charge in [0.1, 0.15) is 17.3 Å². The van der Waals surface area contributed by atoms with E-state index in [4.69, 9.17) is 11.3 Å². The molecule has 1 aromatic carbocycles. The Morgan fingerprint density at radius 2 is 1.94 bits per heavy atom. The number of carbonyl (C=O) groups is 1. The lowest BCUT2D eigenvalue weighted by Gasteiger charge is -2.38. The van der Waals surface area contributed by atoms with Crippen LogP contribution < -0.4 is 16.1 Å². The van der Waals surface area contributed by atoms with Gasteiger partial charge in [0.2, 0.25) is 0 Å². The molecule has 0 saturated carbocycles. The Bertz CT molecular complexity index is 1280. The van der Waals surface area contributed by atoms with Crippen molar-refractivity contribution in [2.45, 2.75) is 53.5 Å². The van der Waals surface area contributed by atoms with Gasteiger partial charge < -0.3 is 10.2 Å². The Kier molecular flexibility index (Phi) is 7.28. The maximum absolute atomic E-state index is 14.9. The molecule has 4 rings (SSSR count). The Labute approximate surface area is 215 Å². The average Bonchev–Trinajstić information content (AvgIpc) is 3.25. The number of anilines is 2. The maximum atomic E-state index is 14.9. The van der Waals surface area contributed by atoms with E-state index in [-0.39, 0.29) is 28.7 Å². The number of amides is 1. The zero-order chi connectivity index (χ0) is 26.2. The number of nitrogens with zero attached hydrogens (tertiary/aromatic N) is 4. The first-order valence-electron chi connectivity index (χ1n) is 12.2. The molecule has 1 aliphatic heterocycles. The molecule has 4 N–H and O–H groups in total. The molecule has 0 radical (unpaired) electrons. The number of hydrogen-bond donors (Lipinski definition) is 3. The molecule has 1 amide bonds. The Morgan fingerprint density at radius 1 is 1.25 bits per heavy atom. The number of amidine groups is 1. The highest BCUT2D eigenvalue weighted by Crippen LogP contribution is 2.38. The van der Waals surface area contributed by atoms with Gasteiger partial charge in [-0.25, -0.2) is 20.2 Å². The Balaban J connectivity index is 1.51. The number of aromatic nitrogens is 2. The summed E-state index contributed by atoms with van der Waals surface area (Å²) in [5.41, 5.74) is 1.07. The van der Waals surface area contributed by atoms with E-state index < -0.39 is 11.7 Å². The largest absolute Gasteiger partial charge is 0.348 e. The molecule has 1 saturated heterocycles. The molecule has 36 heavy (non-hydrogen) atoms. The lowest BCUT2D eigenvalue weighted by Crippen LogP contribution is -2.43. The molecule has 8 nitrogen and oxygen atoms in total. The number of rotatable bonds is 5. The van der Waals surface area contributed by atoms with Crippen LogP contribution in [0.5, 0.6) is 0 Å². The van der Waals surface area contributed by atoms with Gasteiger partial charge in [-0.1, -0.05) is 38.2 Å². The fourth-order valence-electron chi connectivity index (χ4n) is 4.39. The fourth-order valence-corrected chi connectivity index (χ4v) is 5.43. The number of hydrazine groups is 1. The van der Waals surface area contributed by atoms with E-state index >= 15 is 0 Å². The Hall–Kier alpha value is -3.11. The molecule has 0 atom stereocenters. The number of thiazole rings is 1. The summed E-state index contributed by atoms with van der Waals surface area (Å²) in [5, 5.41) is 13.0. The monoisotopic (exact) mass is 511 g/mol. The van der Waals surface area contributed by atoms with Crippen molar-refractivity contribution in [2.75, 3.05) is 23.3 Å². The lowest BCUT2D eigenvalue weighted by atomic mass is 9.75. The van der Waals surface area contributed by atoms with Crippen molar-refractivity contribution in [2.24, 2.45) is 17.2 Å². The van der Waals surface area contributed by atoms with Gasteiger partial charge in [-0.2, -0.15) is 0 Å². The molecule has 192 valence electrons. The molecule has 0 unspecified atom stereocenters. The van der Waals surface area contributed by atoms with Crippen LogP contribution in [0.2, 0.25) is 0 Å². The third-order valence-corrected chi connectivity index (χ3v) is 7.83. The van der Waals surface area contributed by atoms with Crippen molar-refractivity contribution in [3.05, 3.63) is 47.4 Å². The number of fused-ring (bicyclic) bond motifs is 1. The first-order valence-corrected chi connectivity index (χ1v) is 13.0. The SMILES string of the molecule is CC(C)N(N)C(=N)c1cccc(NC(=O)c2cc3sc(N4CCC(C(C)(C)C)CC4)nc3cc2F)n1. The molecule has 1 fully saturated rings. The lowest BCUT2D eigenvalue weighted by molar-refractivity contribution is 0.102. The molecule has 2 aromatic heterocycles. The van der Waals surface area contributed by atoms with Crippen LogP contribution in [-0.2, 0) is 0 Å². The second-order valence-electron chi connectivity index (χ2n) is 10.6. The smallest absolute Gasteiger partial charge is 0.259 e. The highest BCUT2D eigenvalue weighted by molar-refractivity contribution is 7.22. The third kappa shape index (κ3) is 5.49. The second-order valence-corrected chi connectivity index (χ2v) is 11.6. The summed E-state index contributed by atoms with van der Waals surface area (Å²) in [6.07, 6.45) is 2.20. The van der Waals surface area contributed by atoms with E-state index in [1.54, 1.807) is 24.3 Å². The minimum Gasteiger partial charge on any atom is -0.348 e.